The van der Waals surface area contributed by atoms with Crippen LogP contribution >= 0.6 is 0 Å². The molecule has 8 nitrogen and oxygen atoms in total. The number of hydrogen-bond donors (Lipinski definition) is 2. The number of aromatic amines is 1. The summed E-state index contributed by atoms with van der Waals surface area (Å²) in [7, 11) is -2.96. The molecule has 1 aliphatic rings. The molecule has 1 saturated heterocycles. The van der Waals surface area contributed by atoms with Crippen molar-refractivity contribution in [2.24, 2.45) is 0 Å². The first-order valence-corrected chi connectivity index (χ1v) is 7.72. The second-order valence-corrected chi connectivity index (χ2v) is 6.92. The molecule has 0 radical (unpaired) electrons. The molecule has 1 fully saturated rings. The number of nitrogen functional groups attached to an aromatic ring is 1. The van der Waals surface area contributed by atoms with Crippen LogP contribution in [0.5, 0.6) is 0 Å². The lowest BCUT2D eigenvalue weighted by atomic mass is 10.2. The van der Waals surface area contributed by atoms with Crippen molar-refractivity contribution in [1.29, 1.82) is 0 Å². The van der Waals surface area contributed by atoms with Crippen LogP contribution in [0.2, 0.25) is 0 Å². The van der Waals surface area contributed by atoms with Gasteiger partial charge < -0.3 is 10.6 Å². The Morgan fingerprint density at radius 3 is 3.00 bits per heavy atom. The molecule has 3 heterocycles. The zero-order valence-electron chi connectivity index (χ0n) is 10.4. The number of aromatic nitrogens is 4. The Morgan fingerprint density at radius 2 is 2.26 bits per heavy atom. The van der Waals surface area contributed by atoms with E-state index >= 15 is 0 Å². The molecule has 9 heteroatoms. The molecule has 3 N–H and O–H groups in total. The van der Waals surface area contributed by atoms with Crippen molar-refractivity contribution in [2.75, 3.05) is 28.7 Å². The summed E-state index contributed by atoms with van der Waals surface area (Å²) < 4.78 is 23.2. The Bertz CT molecular complexity index is 725. The summed E-state index contributed by atoms with van der Waals surface area (Å²) in [4.78, 5) is 10.2. The minimum atomic E-state index is -2.96. The first-order valence-electron chi connectivity index (χ1n) is 5.90. The first-order chi connectivity index (χ1) is 8.96. The Morgan fingerprint density at radius 1 is 1.47 bits per heavy atom. The van der Waals surface area contributed by atoms with Crippen molar-refractivity contribution in [3.8, 4) is 0 Å². The number of H-pyrrole nitrogens is 1. The van der Waals surface area contributed by atoms with Gasteiger partial charge in [0.1, 0.15) is 5.82 Å². The highest BCUT2D eigenvalue weighted by molar-refractivity contribution is 7.91. The van der Waals surface area contributed by atoms with E-state index in [4.69, 9.17) is 5.73 Å². The molecule has 0 amide bonds. The lowest BCUT2D eigenvalue weighted by Crippen LogP contribution is -2.47. The fourth-order valence-corrected chi connectivity index (χ4v) is 3.93. The van der Waals surface area contributed by atoms with E-state index in [9.17, 15) is 8.42 Å². The second kappa shape index (κ2) is 4.05. The number of nitrogens with two attached hydrogens (primary N) is 1. The number of anilines is 2. The predicted molar refractivity (Wildman–Crippen MR) is 71.6 cm³/mol. The van der Waals surface area contributed by atoms with Crippen LogP contribution in [0.3, 0.4) is 0 Å². The molecular formula is C10H14N6O2S. The van der Waals surface area contributed by atoms with E-state index < -0.39 is 9.84 Å². The van der Waals surface area contributed by atoms with Gasteiger partial charge in [0.25, 0.3) is 0 Å². The Hall–Kier alpha value is -1.90. The van der Waals surface area contributed by atoms with E-state index in [0.29, 0.717) is 18.0 Å². The van der Waals surface area contributed by atoms with Crippen molar-refractivity contribution in [1.82, 2.24) is 20.2 Å². The highest BCUT2D eigenvalue weighted by Gasteiger charge is 2.30. The fraction of sp³-hybridized carbons (Fsp3) is 0.500. The van der Waals surface area contributed by atoms with Crippen molar-refractivity contribution in [2.45, 2.75) is 13.0 Å². The normalized spacial score (nSPS) is 22.8. The zero-order valence-corrected chi connectivity index (χ0v) is 11.2. The molecule has 2 aromatic rings. The van der Waals surface area contributed by atoms with Crippen molar-refractivity contribution in [3.63, 3.8) is 0 Å². The molecular weight excluding hydrogens is 268 g/mol. The largest absolute Gasteiger partial charge is 0.368 e. The molecule has 0 saturated carbocycles. The number of nitrogens with one attached hydrogen (secondary N) is 1. The highest BCUT2D eigenvalue weighted by Crippen LogP contribution is 2.26. The average molecular weight is 282 g/mol. The average Bonchev–Trinajstić information content (AvgIpc) is 2.74. The van der Waals surface area contributed by atoms with Gasteiger partial charge in [-0.25, -0.2) is 8.42 Å². The van der Waals surface area contributed by atoms with E-state index in [1.54, 1.807) is 6.20 Å². The topological polar surface area (TPSA) is 118 Å². The number of rotatable bonds is 1. The maximum absolute atomic E-state index is 11.6. The van der Waals surface area contributed by atoms with Crippen LogP contribution in [0.15, 0.2) is 6.20 Å². The van der Waals surface area contributed by atoms with Gasteiger partial charge in [-0.15, -0.1) is 0 Å². The van der Waals surface area contributed by atoms with Gasteiger partial charge in [-0.1, -0.05) is 0 Å². The van der Waals surface area contributed by atoms with Gasteiger partial charge in [-0.3, -0.25) is 5.10 Å². The summed E-state index contributed by atoms with van der Waals surface area (Å²) in [6.07, 6.45) is 1.62. The van der Waals surface area contributed by atoms with E-state index in [-0.39, 0.29) is 23.5 Å². The molecule has 2 aromatic heterocycles. The SMILES string of the molecule is CC1CS(=O)(=O)CCN1c1nc(N)nc2[nH]ncc12. The Balaban J connectivity index is 2.07. The van der Waals surface area contributed by atoms with Crippen LogP contribution in [-0.4, -0.2) is 52.7 Å². The number of hydrogen-bond acceptors (Lipinski definition) is 7. The molecule has 1 atom stereocenters. The summed E-state index contributed by atoms with van der Waals surface area (Å²) in [5.41, 5.74) is 6.23. The predicted octanol–water partition coefficient (Wildman–Crippen LogP) is -0.442. The van der Waals surface area contributed by atoms with Crippen molar-refractivity contribution in [3.05, 3.63) is 6.20 Å². The molecule has 0 spiro atoms. The monoisotopic (exact) mass is 282 g/mol. The first kappa shape index (κ1) is 12.2. The fourth-order valence-electron chi connectivity index (χ4n) is 2.37. The molecule has 0 aromatic carbocycles. The zero-order chi connectivity index (χ0) is 13.6. The van der Waals surface area contributed by atoms with E-state index in [0.717, 1.165) is 5.39 Å². The van der Waals surface area contributed by atoms with Crippen LogP contribution in [-0.2, 0) is 9.84 Å². The maximum Gasteiger partial charge on any atom is 0.224 e. The third-order valence-electron chi connectivity index (χ3n) is 3.25. The third-order valence-corrected chi connectivity index (χ3v) is 5.04. The Labute approximate surface area is 109 Å². The van der Waals surface area contributed by atoms with Crippen LogP contribution < -0.4 is 10.6 Å². The van der Waals surface area contributed by atoms with Gasteiger partial charge in [-0.2, -0.15) is 15.1 Å². The van der Waals surface area contributed by atoms with E-state index in [1.807, 2.05) is 11.8 Å². The summed E-state index contributed by atoms with van der Waals surface area (Å²) in [6, 6.07) is -0.147. The van der Waals surface area contributed by atoms with Gasteiger partial charge >= 0.3 is 0 Å². The summed E-state index contributed by atoms with van der Waals surface area (Å²) in [5.74, 6) is 1.03. The lowest BCUT2D eigenvalue weighted by Gasteiger charge is -2.34. The molecule has 0 aliphatic carbocycles. The molecule has 102 valence electrons. The lowest BCUT2D eigenvalue weighted by molar-refractivity contribution is 0.567. The summed E-state index contributed by atoms with van der Waals surface area (Å²) in [6.45, 7) is 2.27. The number of sulfone groups is 1. The molecule has 19 heavy (non-hydrogen) atoms. The van der Waals surface area contributed by atoms with E-state index in [2.05, 4.69) is 20.2 Å². The van der Waals surface area contributed by atoms with Crippen molar-refractivity contribution < 1.29 is 8.42 Å². The maximum atomic E-state index is 11.6. The quantitative estimate of drug-likeness (QED) is 0.727. The van der Waals surface area contributed by atoms with E-state index in [1.165, 1.54) is 0 Å². The van der Waals surface area contributed by atoms with Crippen LogP contribution in [0, 0.1) is 0 Å². The second-order valence-electron chi connectivity index (χ2n) is 4.69. The minimum Gasteiger partial charge on any atom is -0.368 e. The highest BCUT2D eigenvalue weighted by atomic mass is 32.2. The minimum absolute atomic E-state index is 0.121. The van der Waals surface area contributed by atoms with Crippen molar-refractivity contribution >= 4 is 32.6 Å². The smallest absolute Gasteiger partial charge is 0.224 e. The van der Waals surface area contributed by atoms with Gasteiger partial charge in [0.05, 0.1) is 23.1 Å². The van der Waals surface area contributed by atoms with Crippen LogP contribution in [0.4, 0.5) is 11.8 Å². The van der Waals surface area contributed by atoms with Gasteiger partial charge in [0.2, 0.25) is 5.95 Å². The number of fused-ring (bicyclic) bond motifs is 1. The molecule has 3 rings (SSSR count). The third kappa shape index (κ3) is 2.09. The molecule has 0 bridgehead atoms. The summed E-state index contributed by atoms with van der Waals surface area (Å²) in [5, 5.41) is 7.42. The molecule has 1 unspecified atom stereocenters. The van der Waals surface area contributed by atoms with Gasteiger partial charge in [-0.05, 0) is 6.92 Å². The van der Waals surface area contributed by atoms with Gasteiger partial charge in [0.15, 0.2) is 15.5 Å². The number of nitrogens with zero attached hydrogens (tertiary/aromatic N) is 4. The Kier molecular flexibility index (Phi) is 2.59. The van der Waals surface area contributed by atoms with Crippen LogP contribution in [0.1, 0.15) is 6.92 Å². The van der Waals surface area contributed by atoms with Crippen LogP contribution in [0.25, 0.3) is 11.0 Å². The summed E-state index contributed by atoms with van der Waals surface area (Å²) >= 11 is 0. The standard InChI is InChI=1S/C10H14N6O2S/c1-6-5-19(17,18)3-2-16(6)9-7-4-12-15-8(7)13-10(11)14-9/h4,6H,2-3,5H2,1H3,(H3,11,12,13,14,15). The van der Waals surface area contributed by atoms with Gasteiger partial charge in [0, 0.05) is 12.6 Å². The molecule has 1 aliphatic heterocycles.